The number of hydrogen-bond acceptors (Lipinski definition) is 2. The fourth-order valence-electron chi connectivity index (χ4n) is 1.05. The molecule has 0 amide bonds. The summed E-state index contributed by atoms with van der Waals surface area (Å²) >= 11 is 3.35. The smallest absolute Gasteiger partial charge is 0.106 e. The van der Waals surface area contributed by atoms with E-state index >= 15 is 0 Å². The molecule has 0 aliphatic heterocycles. The van der Waals surface area contributed by atoms with Crippen LogP contribution in [0.15, 0.2) is 27.8 Å². The molecule has 0 saturated carbocycles. The van der Waals surface area contributed by atoms with Crippen molar-refractivity contribution >= 4 is 21.6 Å². The molecule has 0 N–H and O–H groups in total. The van der Waals surface area contributed by atoms with E-state index in [0.29, 0.717) is 0 Å². The van der Waals surface area contributed by atoms with Crippen LogP contribution >= 0.6 is 15.9 Å². The molecule has 0 aliphatic carbocycles. The van der Waals surface area contributed by atoms with Crippen LogP contribution in [0.25, 0.3) is 0 Å². The minimum atomic E-state index is 0.229. The van der Waals surface area contributed by atoms with Gasteiger partial charge >= 0.3 is 0 Å². The van der Waals surface area contributed by atoms with Crippen molar-refractivity contribution < 1.29 is 0 Å². The summed E-state index contributed by atoms with van der Waals surface area (Å²) in [4.78, 5) is 8.90. The van der Waals surface area contributed by atoms with Gasteiger partial charge in [0.25, 0.3) is 0 Å². The molecule has 1 rings (SSSR count). The molecule has 0 aromatic carbocycles. The van der Waals surface area contributed by atoms with Gasteiger partial charge in [0, 0.05) is 6.54 Å². The van der Waals surface area contributed by atoms with Crippen LogP contribution in [0.3, 0.4) is 0 Å². The Kier molecular flexibility index (Phi) is 4.03. The monoisotopic (exact) mass is 268 g/mol. The predicted octanol–water partition coefficient (Wildman–Crippen LogP) is 3.70. The van der Waals surface area contributed by atoms with Crippen LogP contribution in [-0.4, -0.2) is 17.2 Å². The van der Waals surface area contributed by atoms with Gasteiger partial charge in [0.1, 0.15) is 4.60 Å². The third-order valence-electron chi connectivity index (χ3n) is 1.88. The van der Waals surface area contributed by atoms with Crippen molar-refractivity contribution in [2.75, 3.05) is 6.54 Å². The summed E-state index contributed by atoms with van der Waals surface area (Å²) in [6, 6.07) is 5.87. The molecule has 0 radical (unpaired) electrons. The first-order valence-electron chi connectivity index (χ1n) is 5.02. The molecule has 0 fully saturated rings. The largest absolute Gasteiger partial charge is 0.287 e. The van der Waals surface area contributed by atoms with Gasteiger partial charge in [-0.2, -0.15) is 0 Å². The number of pyridine rings is 1. The molecule has 0 atom stereocenters. The number of aromatic nitrogens is 1. The Balaban J connectivity index is 2.80. The first kappa shape index (κ1) is 12.4. The Bertz CT molecular complexity index is 364. The van der Waals surface area contributed by atoms with Gasteiger partial charge in [-0.05, 0) is 40.4 Å². The Labute approximate surface area is 100.0 Å². The maximum absolute atomic E-state index is 4.54. The molecule has 1 aromatic heterocycles. The van der Waals surface area contributed by atoms with Gasteiger partial charge in [-0.25, -0.2) is 4.98 Å². The zero-order chi connectivity index (χ0) is 11.5. The lowest BCUT2D eigenvalue weighted by molar-refractivity contribution is 0.429. The standard InChI is InChI=1S/C12H17BrN2/c1-9(14-8-12(2,3)4)10-6-5-7-11(13)15-10/h5-7H,8H2,1-4H3/b14-9+. The molecule has 15 heavy (non-hydrogen) atoms. The number of rotatable bonds is 2. The van der Waals surface area contributed by atoms with Crippen molar-refractivity contribution in [2.24, 2.45) is 10.4 Å². The summed E-state index contributed by atoms with van der Waals surface area (Å²) in [7, 11) is 0. The zero-order valence-electron chi connectivity index (χ0n) is 9.71. The van der Waals surface area contributed by atoms with Gasteiger partial charge in [0.2, 0.25) is 0 Å². The molecule has 0 aliphatic rings. The minimum Gasteiger partial charge on any atom is -0.287 e. The van der Waals surface area contributed by atoms with E-state index in [4.69, 9.17) is 0 Å². The first-order valence-corrected chi connectivity index (χ1v) is 5.82. The van der Waals surface area contributed by atoms with Gasteiger partial charge in [-0.1, -0.05) is 26.8 Å². The van der Waals surface area contributed by atoms with Gasteiger partial charge in [0.05, 0.1) is 11.4 Å². The molecular weight excluding hydrogens is 252 g/mol. The zero-order valence-corrected chi connectivity index (χ0v) is 11.3. The molecule has 1 aromatic rings. The minimum absolute atomic E-state index is 0.229. The first-order chi connectivity index (χ1) is 6.88. The van der Waals surface area contributed by atoms with E-state index < -0.39 is 0 Å². The average molecular weight is 269 g/mol. The van der Waals surface area contributed by atoms with E-state index in [2.05, 4.69) is 46.7 Å². The Hall–Kier alpha value is -0.700. The van der Waals surface area contributed by atoms with E-state index in [-0.39, 0.29) is 5.41 Å². The van der Waals surface area contributed by atoms with Crippen molar-refractivity contribution in [3.8, 4) is 0 Å². The second-order valence-electron chi connectivity index (χ2n) is 4.81. The van der Waals surface area contributed by atoms with Crippen molar-refractivity contribution in [2.45, 2.75) is 27.7 Å². The fraction of sp³-hybridized carbons (Fsp3) is 0.500. The summed E-state index contributed by atoms with van der Waals surface area (Å²) in [6.07, 6.45) is 0. The van der Waals surface area contributed by atoms with Crippen LogP contribution in [0.2, 0.25) is 0 Å². The van der Waals surface area contributed by atoms with Crippen molar-refractivity contribution in [1.29, 1.82) is 0 Å². The highest BCUT2D eigenvalue weighted by molar-refractivity contribution is 9.10. The fourth-order valence-corrected chi connectivity index (χ4v) is 1.39. The highest BCUT2D eigenvalue weighted by atomic mass is 79.9. The summed E-state index contributed by atoms with van der Waals surface area (Å²) in [5, 5.41) is 0. The normalized spacial score (nSPS) is 13.0. The predicted molar refractivity (Wildman–Crippen MR) is 68.5 cm³/mol. The van der Waals surface area contributed by atoms with Gasteiger partial charge < -0.3 is 0 Å². The van der Waals surface area contributed by atoms with Crippen molar-refractivity contribution in [1.82, 2.24) is 4.98 Å². The maximum Gasteiger partial charge on any atom is 0.106 e. The summed E-state index contributed by atoms with van der Waals surface area (Å²) in [5.74, 6) is 0. The van der Waals surface area contributed by atoms with Gasteiger partial charge in [-0.15, -0.1) is 0 Å². The molecule has 0 bridgehead atoms. The summed E-state index contributed by atoms with van der Waals surface area (Å²) in [5.41, 5.74) is 2.16. The Morgan fingerprint density at radius 3 is 2.60 bits per heavy atom. The second kappa shape index (κ2) is 4.88. The third kappa shape index (κ3) is 4.56. The van der Waals surface area contributed by atoms with Gasteiger partial charge in [-0.3, -0.25) is 4.99 Å². The molecule has 0 spiro atoms. The third-order valence-corrected chi connectivity index (χ3v) is 2.32. The molecule has 0 saturated heterocycles. The number of aliphatic imine (C=N–C) groups is 1. The molecule has 0 unspecified atom stereocenters. The van der Waals surface area contributed by atoms with E-state index in [1.807, 2.05) is 25.1 Å². The van der Waals surface area contributed by atoms with E-state index in [9.17, 15) is 0 Å². The van der Waals surface area contributed by atoms with Crippen LogP contribution in [0.1, 0.15) is 33.4 Å². The quantitative estimate of drug-likeness (QED) is 0.593. The highest BCUT2D eigenvalue weighted by Crippen LogP contribution is 2.14. The molecule has 1 heterocycles. The number of hydrogen-bond donors (Lipinski definition) is 0. The van der Waals surface area contributed by atoms with Crippen LogP contribution in [0.5, 0.6) is 0 Å². The van der Waals surface area contributed by atoms with Crippen LogP contribution in [0, 0.1) is 5.41 Å². The lowest BCUT2D eigenvalue weighted by Gasteiger charge is -2.14. The summed E-state index contributed by atoms with van der Waals surface area (Å²) < 4.78 is 0.852. The van der Waals surface area contributed by atoms with Crippen LogP contribution in [0.4, 0.5) is 0 Å². The maximum atomic E-state index is 4.54. The molecular formula is C12H17BrN2. The Morgan fingerprint density at radius 1 is 1.40 bits per heavy atom. The topological polar surface area (TPSA) is 25.2 Å². The van der Waals surface area contributed by atoms with Gasteiger partial charge in [0.15, 0.2) is 0 Å². The molecule has 2 nitrogen and oxygen atoms in total. The lowest BCUT2D eigenvalue weighted by Crippen LogP contribution is -2.11. The Morgan fingerprint density at radius 2 is 2.07 bits per heavy atom. The van der Waals surface area contributed by atoms with Crippen LogP contribution in [-0.2, 0) is 0 Å². The van der Waals surface area contributed by atoms with E-state index in [1.165, 1.54) is 0 Å². The number of halogens is 1. The van der Waals surface area contributed by atoms with Crippen LogP contribution < -0.4 is 0 Å². The SMILES string of the molecule is C/C(=N\CC(C)(C)C)c1cccc(Br)n1. The lowest BCUT2D eigenvalue weighted by atomic mass is 9.97. The number of nitrogens with zero attached hydrogens (tertiary/aromatic N) is 2. The molecule has 82 valence electrons. The molecule has 3 heteroatoms. The van der Waals surface area contributed by atoms with E-state index in [0.717, 1.165) is 22.6 Å². The van der Waals surface area contributed by atoms with E-state index in [1.54, 1.807) is 0 Å². The second-order valence-corrected chi connectivity index (χ2v) is 5.62. The van der Waals surface area contributed by atoms with Crippen molar-refractivity contribution in [3.63, 3.8) is 0 Å². The average Bonchev–Trinajstić information content (AvgIpc) is 2.13. The van der Waals surface area contributed by atoms with Crippen molar-refractivity contribution in [3.05, 3.63) is 28.5 Å². The highest BCUT2D eigenvalue weighted by Gasteiger charge is 2.09. The summed E-state index contributed by atoms with van der Waals surface area (Å²) in [6.45, 7) is 9.36.